The van der Waals surface area contributed by atoms with Crippen LogP contribution >= 0.6 is 34.5 Å². The first-order valence-corrected chi connectivity index (χ1v) is 8.36. The summed E-state index contributed by atoms with van der Waals surface area (Å²) >= 11 is 12.7. The van der Waals surface area contributed by atoms with E-state index in [0.29, 0.717) is 10.6 Å². The van der Waals surface area contributed by atoms with Gasteiger partial charge in [0.25, 0.3) is 5.91 Å². The van der Waals surface area contributed by atoms with Gasteiger partial charge in [-0.3, -0.25) is 14.7 Å². The minimum atomic E-state index is -2.73. The van der Waals surface area contributed by atoms with E-state index in [4.69, 9.17) is 23.2 Å². The molecule has 11 heteroatoms. The first-order chi connectivity index (χ1) is 11.9. The van der Waals surface area contributed by atoms with Crippen molar-refractivity contribution in [3.05, 3.63) is 46.1 Å². The molecule has 0 aromatic carbocycles. The van der Waals surface area contributed by atoms with Crippen LogP contribution in [-0.4, -0.2) is 25.4 Å². The summed E-state index contributed by atoms with van der Waals surface area (Å²) < 4.78 is 26.7. The Balaban J connectivity index is 1.89. The maximum absolute atomic E-state index is 13.0. The molecule has 0 fully saturated rings. The molecule has 6 nitrogen and oxygen atoms in total. The molecule has 0 spiro atoms. The second kappa shape index (κ2) is 7.03. The lowest BCUT2D eigenvalue weighted by Crippen LogP contribution is -2.14. The molecule has 0 atom stereocenters. The van der Waals surface area contributed by atoms with Crippen molar-refractivity contribution in [3.8, 4) is 10.7 Å². The number of anilines is 1. The van der Waals surface area contributed by atoms with Crippen molar-refractivity contribution < 1.29 is 13.6 Å². The van der Waals surface area contributed by atoms with E-state index in [9.17, 15) is 13.6 Å². The fraction of sp³-hybridized carbons (Fsp3) is 0.143. The number of carbonyl (C=O) groups excluding carboxylic acids is 1. The fourth-order valence-corrected chi connectivity index (χ4v) is 3.34. The predicted molar refractivity (Wildman–Crippen MR) is 91.5 cm³/mol. The summed E-state index contributed by atoms with van der Waals surface area (Å²) in [5, 5.41) is 2.99. The second-order valence-corrected chi connectivity index (χ2v) is 6.58. The Hall–Kier alpha value is -2.10. The van der Waals surface area contributed by atoms with Gasteiger partial charge in [0, 0.05) is 12.4 Å². The highest BCUT2D eigenvalue weighted by Crippen LogP contribution is 2.33. The summed E-state index contributed by atoms with van der Waals surface area (Å²) in [5.74, 6) is -0.533. The third kappa shape index (κ3) is 3.63. The van der Waals surface area contributed by atoms with Crippen LogP contribution in [-0.2, 0) is 0 Å². The van der Waals surface area contributed by atoms with Crippen LogP contribution in [0.2, 0.25) is 10.2 Å². The number of aryl methyl sites for hydroxylation is 1. The van der Waals surface area contributed by atoms with Crippen LogP contribution in [0.3, 0.4) is 0 Å². The number of amides is 1. The van der Waals surface area contributed by atoms with Crippen molar-refractivity contribution in [2.45, 2.75) is 13.5 Å². The number of hydrogen-bond donors (Lipinski definition) is 1. The molecule has 130 valence electrons. The smallest absolute Gasteiger partial charge is 0.296 e. The molecule has 3 rings (SSSR count). The Kier molecular flexibility index (Phi) is 4.98. The number of nitrogens with one attached hydrogen (secondary N) is 1. The number of carbonyl (C=O) groups is 1. The number of halogens is 4. The van der Waals surface area contributed by atoms with Crippen molar-refractivity contribution in [1.29, 1.82) is 0 Å². The molecule has 0 bridgehead atoms. The SMILES string of the molecule is Cc1nc(NC(=O)c2nc(Cl)ccc2Cl)sc1-c1nccn1C(F)F. The molecule has 0 unspecified atom stereocenters. The van der Waals surface area contributed by atoms with Crippen molar-refractivity contribution in [2.24, 2.45) is 0 Å². The molecule has 3 aromatic rings. The lowest BCUT2D eigenvalue weighted by atomic mass is 10.3. The van der Waals surface area contributed by atoms with Crippen molar-refractivity contribution in [2.75, 3.05) is 5.32 Å². The van der Waals surface area contributed by atoms with Gasteiger partial charge >= 0.3 is 6.55 Å². The molecule has 0 aliphatic heterocycles. The minimum Gasteiger partial charge on any atom is -0.296 e. The van der Waals surface area contributed by atoms with E-state index in [2.05, 4.69) is 20.3 Å². The van der Waals surface area contributed by atoms with E-state index in [-0.39, 0.29) is 26.8 Å². The molecule has 0 aliphatic carbocycles. The highest BCUT2D eigenvalue weighted by Gasteiger charge is 2.20. The lowest BCUT2D eigenvalue weighted by Gasteiger charge is -2.04. The van der Waals surface area contributed by atoms with Crippen molar-refractivity contribution >= 4 is 45.6 Å². The first-order valence-electron chi connectivity index (χ1n) is 6.79. The molecule has 1 N–H and O–H groups in total. The van der Waals surface area contributed by atoms with Gasteiger partial charge in [-0.2, -0.15) is 8.78 Å². The van der Waals surface area contributed by atoms with Gasteiger partial charge in [0.2, 0.25) is 0 Å². The Morgan fingerprint density at radius 2 is 2.08 bits per heavy atom. The Morgan fingerprint density at radius 3 is 2.80 bits per heavy atom. The van der Waals surface area contributed by atoms with Crippen LogP contribution in [0.25, 0.3) is 10.7 Å². The molecular formula is C14H9Cl2F2N5OS. The van der Waals surface area contributed by atoms with Crippen LogP contribution in [0.15, 0.2) is 24.5 Å². The van der Waals surface area contributed by atoms with Crippen LogP contribution in [0.5, 0.6) is 0 Å². The molecule has 0 aliphatic rings. The zero-order valence-electron chi connectivity index (χ0n) is 12.5. The Labute approximate surface area is 154 Å². The van der Waals surface area contributed by atoms with E-state index in [1.165, 1.54) is 24.5 Å². The second-order valence-electron chi connectivity index (χ2n) is 4.79. The third-order valence-corrected chi connectivity index (χ3v) is 4.71. The number of thiazole rings is 1. The van der Waals surface area contributed by atoms with Crippen LogP contribution in [0.1, 0.15) is 22.7 Å². The monoisotopic (exact) mass is 403 g/mol. The minimum absolute atomic E-state index is 0.0577. The molecule has 3 aromatic heterocycles. The summed E-state index contributed by atoms with van der Waals surface area (Å²) in [5.41, 5.74) is 0.399. The van der Waals surface area contributed by atoms with Gasteiger partial charge in [0.1, 0.15) is 10.8 Å². The first kappa shape index (κ1) is 17.7. The largest absolute Gasteiger partial charge is 0.320 e. The summed E-state index contributed by atoms with van der Waals surface area (Å²) in [6.45, 7) is -1.09. The molecule has 0 saturated carbocycles. The van der Waals surface area contributed by atoms with Gasteiger partial charge in [0.15, 0.2) is 11.0 Å². The average molecular weight is 404 g/mol. The van der Waals surface area contributed by atoms with E-state index in [0.717, 1.165) is 15.9 Å². The molecule has 0 saturated heterocycles. The summed E-state index contributed by atoms with van der Waals surface area (Å²) in [4.78, 5) is 24.7. The zero-order valence-corrected chi connectivity index (χ0v) is 14.8. The maximum atomic E-state index is 13.0. The highest BCUT2D eigenvalue weighted by molar-refractivity contribution is 7.19. The van der Waals surface area contributed by atoms with Gasteiger partial charge in [-0.25, -0.2) is 15.0 Å². The van der Waals surface area contributed by atoms with Gasteiger partial charge < -0.3 is 0 Å². The number of aromatic nitrogens is 4. The van der Waals surface area contributed by atoms with Crippen LogP contribution in [0.4, 0.5) is 13.9 Å². The molecular weight excluding hydrogens is 395 g/mol. The van der Waals surface area contributed by atoms with E-state index in [1.54, 1.807) is 6.92 Å². The van der Waals surface area contributed by atoms with Gasteiger partial charge in [-0.15, -0.1) is 0 Å². The molecule has 1 amide bonds. The van der Waals surface area contributed by atoms with E-state index < -0.39 is 12.5 Å². The number of rotatable bonds is 4. The van der Waals surface area contributed by atoms with Crippen LogP contribution in [0, 0.1) is 6.92 Å². The third-order valence-electron chi connectivity index (χ3n) is 3.13. The molecule has 25 heavy (non-hydrogen) atoms. The van der Waals surface area contributed by atoms with Crippen molar-refractivity contribution in [1.82, 2.24) is 19.5 Å². The van der Waals surface area contributed by atoms with Gasteiger partial charge in [-0.1, -0.05) is 34.5 Å². The lowest BCUT2D eigenvalue weighted by molar-refractivity contribution is 0.0720. The highest BCUT2D eigenvalue weighted by atomic mass is 35.5. The number of nitrogens with zero attached hydrogens (tertiary/aromatic N) is 4. The average Bonchev–Trinajstić information content (AvgIpc) is 3.16. The normalized spacial score (nSPS) is 11.1. The quantitative estimate of drug-likeness (QED) is 0.642. The van der Waals surface area contributed by atoms with E-state index in [1.807, 2.05) is 0 Å². The topological polar surface area (TPSA) is 72.7 Å². The molecule has 3 heterocycles. The predicted octanol–water partition coefficient (Wildman–Crippen LogP) is 4.66. The van der Waals surface area contributed by atoms with Crippen LogP contribution < -0.4 is 5.32 Å². The fourth-order valence-electron chi connectivity index (χ4n) is 2.04. The van der Waals surface area contributed by atoms with Gasteiger partial charge in [0.05, 0.1) is 15.6 Å². The number of pyridine rings is 1. The summed E-state index contributed by atoms with van der Waals surface area (Å²) in [7, 11) is 0. The summed E-state index contributed by atoms with van der Waals surface area (Å²) in [6.07, 6.45) is 2.45. The maximum Gasteiger partial charge on any atom is 0.320 e. The number of imidazole rings is 1. The Morgan fingerprint density at radius 1 is 1.32 bits per heavy atom. The van der Waals surface area contributed by atoms with E-state index >= 15 is 0 Å². The zero-order chi connectivity index (χ0) is 18.1. The standard InChI is InChI=1S/C14H9Cl2F2N5OS/c1-6-10(11-19-4-5-23(11)13(17)18)25-14(20-6)22-12(24)9-7(15)2-3-8(16)21-9/h2-5,13H,1H3,(H,20,22,24). The molecule has 0 radical (unpaired) electrons. The number of hydrogen-bond acceptors (Lipinski definition) is 5. The van der Waals surface area contributed by atoms with Crippen molar-refractivity contribution in [3.63, 3.8) is 0 Å². The number of alkyl halides is 2. The summed E-state index contributed by atoms with van der Waals surface area (Å²) in [6, 6.07) is 2.90. The van der Waals surface area contributed by atoms with Gasteiger partial charge in [-0.05, 0) is 19.1 Å². The Bertz CT molecular complexity index is 943.